The highest BCUT2D eigenvalue weighted by Crippen LogP contribution is 1.98. The van der Waals surface area contributed by atoms with Crippen LogP contribution in [0.25, 0.3) is 0 Å². The SMILES string of the molecule is CC/C=C/C=C/C=C/CCC/C=C/CC. The van der Waals surface area contributed by atoms with Crippen LogP contribution in [0.1, 0.15) is 46.0 Å². The Balaban J connectivity index is 3.35. The van der Waals surface area contributed by atoms with E-state index < -0.39 is 0 Å². The first-order valence-electron chi connectivity index (χ1n) is 6.05. The standard InChI is InChI=1S/C15H24/c1-3-5-7-9-11-13-15-14-12-10-8-6-4-2/h5-9,11,13,15H,3-4,10,12,14H2,1-2H3/b7-5+,8-6+,11-9+,15-13+. The van der Waals surface area contributed by atoms with Gasteiger partial charge in [0.05, 0.1) is 0 Å². The lowest BCUT2D eigenvalue weighted by molar-refractivity contribution is 0.865. The molecule has 0 aromatic carbocycles. The minimum absolute atomic E-state index is 1.11. The molecule has 0 nitrogen and oxygen atoms in total. The third kappa shape index (κ3) is 13.0. The molecule has 0 aliphatic carbocycles. The van der Waals surface area contributed by atoms with Gasteiger partial charge in [-0.25, -0.2) is 0 Å². The van der Waals surface area contributed by atoms with Crippen molar-refractivity contribution >= 4 is 0 Å². The summed E-state index contributed by atoms with van der Waals surface area (Å²) in [6, 6.07) is 0. The Morgan fingerprint density at radius 1 is 0.600 bits per heavy atom. The van der Waals surface area contributed by atoms with Crippen molar-refractivity contribution in [1.29, 1.82) is 0 Å². The van der Waals surface area contributed by atoms with Gasteiger partial charge >= 0.3 is 0 Å². The first-order chi connectivity index (χ1) is 7.41. The average Bonchev–Trinajstić information content (AvgIpc) is 2.26. The van der Waals surface area contributed by atoms with Crippen molar-refractivity contribution in [3.63, 3.8) is 0 Å². The minimum Gasteiger partial charge on any atom is -0.0888 e. The van der Waals surface area contributed by atoms with E-state index in [1.54, 1.807) is 0 Å². The summed E-state index contributed by atoms with van der Waals surface area (Å²) in [6.07, 6.45) is 23.2. The van der Waals surface area contributed by atoms with Crippen LogP contribution in [-0.4, -0.2) is 0 Å². The van der Waals surface area contributed by atoms with Crippen LogP contribution < -0.4 is 0 Å². The van der Waals surface area contributed by atoms with Gasteiger partial charge in [0.15, 0.2) is 0 Å². The van der Waals surface area contributed by atoms with Crippen LogP contribution in [0.4, 0.5) is 0 Å². The van der Waals surface area contributed by atoms with E-state index in [-0.39, 0.29) is 0 Å². The number of hydrogen-bond acceptors (Lipinski definition) is 0. The van der Waals surface area contributed by atoms with Crippen molar-refractivity contribution in [3.05, 3.63) is 48.6 Å². The highest BCUT2D eigenvalue weighted by Gasteiger charge is 1.78. The number of rotatable bonds is 8. The smallest absolute Gasteiger partial charge is 0.0345 e. The maximum atomic E-state index is 2.27. The molecule has 0 amide bonds. The molecule has 0 aliphatic heterocycles. The second-order valence-electron chi connectivity index (χ2n) is 3.46. The number of hydrogen-bond donors (Lipinski definition) is 0. The van der Waals surface area contributed by atoms with Gasteiger partial charge in [-0.05, 0) is 32.1 Å². The van der Waals surface area contributed by atoms with Gasteiger partial charge in [-0.15, -0.1) is 0 Å². The van der Waals surface area contributed by atoms with E-state index in [2.05, 4.69) is 62.5 Å². The van der Waals surface area contributed by atoms with Gasteiger partial charge in [0.25, 0.3) is 0 Å². The van der Waals surface area contributed by atoms with Crippen molar-refractivity contribution in [1.82, 2.24) is 0 Å². The topological polar surface area (TPSA) is 0 Å². The Bertz CT molecular complexity index is 216. The van der Waals surface area contributed by atoms with Crippen LogP contribution in [0.3, 0.4) is 0 Å². The molecule has 0 fully saturated rings. The molecule has 0 aromatic heterocycles. The van der Waals surface area contributed by atoms with E-state index >= 15 is 0 Å². The van der Waals surface area contributed by atoms with E-state index in [4.69, 9.17) is 0 Å². The first kappa shape index (κ1) is 14.0. The third-order valence-corrected chi connectivity index (χ3v) is 1.99. The molecule has 0 bridgehead atoms. The van der Waals surface area contributed by atoms with Gasteiger partial charge in [0.2, 0.25) is 0 Å². The fourth-order valence-corrected chi connectivity index (χ4v) is 1.16. The fourth-order valence-electron chi connectivity index (χ4n) is 1.16. The second kappa shape index (κ2) is 13.0. The summed E-state index contributed by atoms with van der Waals surface area (Å²) in [6.45, 7) is 4.31. The normalized spacial score (nSPS) is 12.9. The summed E-state index contributed by atoms with van der Waals surface area (Å²) in [7, 11) is 0. The average molecular weight is 204 g/mol. The number of unbranched alkanes of at least 4 members (excludes halogenated alkanes) is 2. The largest absolute Gasteiger partial charge is 0.0888 e. The van der Waals surface area contributed by atoms with Crippen LogP contribution in [-0.2, 0) is 0 Å². The molecule has 0 rings (SSSR count). The molecule has 0 N–H and O–H groups in total. The monoisotopic (exact) mass is 204 g/mol. The molecule has 0 heteroatoms. The molecule has 0 saturated heterocycles. The molecule has 0 aliphatic rings. The summed E-state index contributed by atoms with van der Waals surface area (Å²) in [4.78, 5) is 0. The predicted octanol–water partition coefficient (Wildman–Crippen LogP) is 5.20. The van der Waals surface area contributed by atoms with E-state index in [9.17, 15) is 0 Å². The Morgan fingerprint density at radius 3 is 1.87 bits per heavy atom. The maximum absolute atomic E-state index is 2.27. The second-order valence-corrected chi connectivity index (χ2v) is 3.46. The van der Waals surface area contributed by atoms with Crippen LogP contribution in [0, 0.1) is 0 Å². The highest BCUT2D eigenvalue weighted by atomic mass is 13.8. The zero-order chi connectivity index (χ0) is 11.2. The molecule has 0 aromatic rings. The highest BCUT2D eigenvalue weighted by molar-refractivity contribution is 5.10. The lowest BCUT2D eigenvalue weighted by atomic mass is 10.2. The quantitative estimate of drug-likeness (QED) is 0.289. The maximum Gasteiger partial charge on any atom is -0.0345 e. The third-order valence-electron chi connectivity index (χ3n) is 1.99. The van der Waals surface area contributed by atoms with Crippen molar-refractivity contribution in [2.75, 3.05) is 0 Å². The molecule has 0 unspecified atom stereocenters. The van der Waals surface area contributed by atoms with Gasteiger partial charge in [0.1, 0.15) is 0 Å². The van der Waals surface area contributed by atoms with E-state index in [0.29, 0.717) is 0 Å². The van der Waals surface area contributed by atoms with Crippen LogP contribution in [0.2, 0.25) is 0 Å². The lowest BCUT2D eigenvalue weighted by Gasteiger charge is -1.88. The predicted molar refractivity (Wildman–Crippen MR) is 71.0 cm³/mol. The molecule has 0 heterocycles. The van der Waals surface area contributed by atoms with Crippen LogP contribution in [0.5, 0.6) is 0 Å². The van der Waals surface area contributed by atoms with Gasteiger partial charge in [-0.1, -0.05) is 62.5 Å². The van der Waals surface area contributed by atoms with Gasteiger partial charge in [-0.3, -0.25) is 0 Å². The molecular formula is C15H24. The molecule has 0 radical (unpaired) electrons. The number of allylic oxidation sites excluding steroid dienone is 8. The Kier molecular flexibility index (Phi) is 12.1. The van der Waals surface area contributed by atoms with E-state index in [1.165, 1.54) is 19.3 Å². The Morgan fingerprint density at radius 2 is 1.20 bits per heavy atom. The van der Waals surface area contributed by atoms with Crippen molar-refractivity contribution in [2.24, 2.45) is 0 Å². The zero-order valence-corrected chi connectivity index (χ0v) is 10.2. The van der Waals surface area contributed by atoms with E-state index in [1.807, 2.05) is 0 Å². The first-order valence-corrected chi connectivity index (χ1v) is 6.05. The van der Waals surface area contributed by atoms with Crippen LogP contribution in [0.15, 0.2) is 48.6 Å². The van der Waals surface area contributed by atoms with Gasteiger partial charge in [-0.2, -0.15) is 0 Å². The van der Waals surface area contributed by atoms with Crippen LogP contribution >= 0.6 is 0 Å². The molecule has 0 spiro atoms. The molecule has 0 saturated carbocycles. The minimum atomic E-state index is 1.11. The van der Waals surface area contributed by atoms with Crippen molar-refractivity contribution in [2.45, 2.75) is 46.0 Å². The Labute approximate surface area is 95.1 Å². The zero-order valence-electron chi connectivity index (χ0n) is 10.2. The Hall–Kier alpha value is -1.04. The molecule has 84 valence electrons. The molecule has 0 atom stereocenters. The summed E-state index contributed by atoms with van der Waals surface area (Å²) >= 11 is 0. The lowest BCUT2D eigenvalue weighted by Crippen LogP contribution is -1.68. The molecular weight excluding hydrogens is 180 g/mol. The van der Waals surface area contributed by atoms with E-state index in [0.717, 1.165) is 12.8 Å². The van der Waals surface area contributed by atoms with Gasteiger partial charge in [0, 0.05) is 0 Å². The van der Waals surface area contributed by atoms with Gasteiger partial charge < -0.3 is 0 Å². The summed E-state index contributed by atoms with van der Waals surface area (Å²) < 4.78 is 0. The molecule has 15 heavy (non-hydrogen) atoms. The fraction of sp³-hybridized carbons (Fsp3) is 0.467. The summed E-state index contributed by atoms with van der Waals surface area (Å²) in [5.74, 6) is 0. The van der Waals surface area contributed by atoms with Crippen molar-refractivity contribution < 1.29 is 0 Å². The van der Waals surface area contributed by atoms with Crippen molar-refractivity contribution in [3.8, 4) is 0 Å². The summed E-state index contributed by atoms with van der Waals surface area (Å²) in [5, 5.41) is 0. The summed E-state index contributed by atoms with van der Waals surface area (Å²) in [5.41, 5.74) is 0.